The van der Waals surface area contributed by atoms with Gasteiger partial charge in [0.05, 0.1) is 5.60 Å². The van der Waals surface area contributed by atoms with Crippen LogP contribution in [0.15, 0.2) is 22.4 Å². The highest BCUT2D eigenvalue weighted by Gasteiger charge is 2.37. The minimum atomic E-state index is -0.360. The summed E-state index contributed by atoms with van der Waals surface area (Å²) in [5.74, 6) is -0.0899. The lowest BCUT2D eigenvalue weighted by molar-refractivity contribution is -0.00693. The van der Waals surface area contributed by atoms with Crippen molar-refractivity contribution >= 4 is 22.2 Å². The number of ether oxygens (including phenoxy) is 1. The Hall–Kier alpha value is -1.73. The Labute approximate surface area is 137 Å². The zero-order valence-electron chi connectivity index (χ0n) is 12.9. The van der Waals surface area contributed by atoms with Gasteiger partial charge in [0.15, 0.2) is 4.96 Å². The second kappa shape index (κ2) is 5.72. The summed E-state index contributed by atoms with van der Waals surface area (Å²) in [6.45, 7) is 2.23. The van der Waals surface area contributed by atoms with Gasteiger partial charge in [-0.15, -0.1) is 11.3 Å². The summed E-state index contributed by atoms with van der Waals surface area (Å²) in [6, 6.07) is 1.34. The van der Waals surface area contributed by atoms with E-state index in [1.54, 1.807) is 10.6 Å². The van der Waals surface area contributed by atoms with Gasteiger partial charge in [0.2, 0.25) is 0 Å². The molecule has 0 N–H and O–H groups in total. The predicted molar refractivity (Wildman–Crippen MR) is 87.0 cm³/mol. The van der Waals surface area contributed by atoms with Gasteiger partial charge in [-0.3, -0.25) is 14.0 Å². The second-order valence-corrected chi connectivity index (χ2v) is 7.19. The zero-order chi connectivity index (χ0) is 15.9. The van der Waals surface area contributed by atoms with Crippen molar-refractivity contribution in [2.75, 3.05) is 19.7 Å². The van der Waals surface area contributed by atoms with Crippen molar-refractivity contribution in [3.63, 3.8) is 0 Å². The fourth-order valence-corrected chi connectivity index (χ4v) is 4.42. The molecule has 2 aromatic heterocycles. The van der Waals surface area contributed by atoms with Gasteiger partial charge in [0.1, 0.15) is 5.69 Å². The number of amides is 1. The number of carbonyl (C=O) groups is 1. The summed E-state index contributed by atoms with van der Waals surface area (Å²) in [5.41, 5.74) is 0.0210. The monoisotopic (exact) mass is 333 g/mol. The van der Waals surface area contributed by atoms with E-state index in [1.165, 1.54) is 17.4 Å². The molecule has 6 nitrogen and oxygen atoms in total. The van der Waals surface area contributed by atoms with Crippen molar-refractivity contribution in [1.29, 1.82) is 0 Å². The SMILES string of the molecule is O=C(c1cc(=O)nc2sccn12)N1CCC[C@]2(CCCO2)CC1. The number of aromatic nitrogens is 2. The summed E-state index contributed by atoms with van der Waals surface area (Å²) >= 11 is 1.36. The molecule has 2 aliphatic heterocycles. The van der Waals surface area contributed by atoms with E-state index in [4.69, 9.17) is 4.74 Å². The molecule has 23 heavy (non-hydrogen) atoms. The van der Waals surface area contributed by atoms with Crippen LogP contribution in [0.3, 0.4) is 0 Å². The van der Waals surface area contributed by atoms with Gasteiger partial charge >= 0.3 is 0 Å². The van der Waals surface area contributed by atoms with Crippen molar-refractivity contribution in [1.82, 2.24) is 14.3 Å². The number of hydrogen-bond donors (Lipinski definition) is 0. The second-order valence-electron chi connectivity index (χ2n) is 6.32. The average molecular weight is 333 g/mol. The molecular weight excluding hydrogens is 314 g/mol. The van der Waals surface area contributed by atoms with Crippen molar-refractivity contribution in [3.8, 4) is 0 Å². The molecule has 4 rings (SSSR count). The van der Waals surface area contributed by atoms with Crippen LogP contribution in [0.2, 0.25) is 0 Å². The molecule has 0 radical (unpaired) electrons. The highest BCUT2D eigenvalue weighted by atomic mass is 32.1. The van der Waals surface area contributed by atoms with Gasteiger partial charge in [-0.1, -0.05) is 0 Å². The molecule has 0 aliphatic carbocycles. The number of thiazole rings is 1. The van der Waals surface area contributed by atoms with E-state index in [-0.39, 0.29) is 17.1 Å². The van der Waals surface area contributed by atoms with Crippen LogP contribution >= 0.6 is 11.3 Å². The fraction of sp³-hybridized carbons (Fsp3) is 0.562. The quantitative estimate of drug-likeness (QED) is 0.800. The molecule has 4 heterocycles. The Balaban J connectivity index is 1.61. The highest BCUT2D eigenvalue weighted by Crippen LogP contribution is 2.35. The Morgan fingerprint density at radius 3 is 2.96 bits per heavy atom. The minimum Gasteiger partial charge on any atom is -0.375 e. The number of nitrogens with zero attached hydrogens (tertiary/aromatic N) is 3. The number of carbonyl (C=O) groups excluding carboxylic acids is 1. The molecule has 2 saturated heterocycles. The molecule has 1 atom stereocenters. The standard InChI is InChI=1S/C16H19N3O3S/c20-13-11-12(19-8-10-23-15(19)17-13)14(21)18-6-1-3-16(5-7-18)4-2-9-22-16/h8,10-11H,1-7,9H2/t16-/m0/s1. The van der Waals surface area contributed by atoms with Crippen LogP contribution in [-0.2, 0) is 4.74 Å². The topological polar surface area (TPSA) is 63.9 Å². The van der Waals surface area contributed by atoms with Crippen molar-refractivity contribution in [2.24, 2.45) is 0 Å². The van der Waals surface area contributed by atoms with E-state index in [1.807, 2.05) is 10.3 Å². The van der Waals surface area contributed by atoms with Crippen LogP contribution in [0, 0.1) is 0 Å². The molecule has 122 valence electrons. The minimum absolute atomic E-state index is 0.0260. The van der Waals surface area contributed by atoms with E-state index in [2.05, 4.69) is 4.98 Å². The first-order valence-corrected chi connectivity index (χ1v) is 8.95. The molecule has 0 bridgehead atoms. The molecule has 1 amide bonds. The van der Waals surface area contributed by atoms with E-state index < -0.39 is 0 Å². The van der Waals surface area contributed by atoms with Crippen molar-refractivity contribution < 1.29 is 9.53 Å². The number of rotatable bonds is 1. The maximum absolute atomic E-state index is 12.9. The van der Waals surface area contributed by atoms with Crippen LogP contribution < -0.4 is 5.56 Å². The lowest BCUT2D eigenvalue weighted by Crippen LogP contribution is -2.35. The third-order valence-corrected chi connectivity index (χ3v) is 5.66. The predicted octanol–water partition coefficient (Wildman–Crippen LogP) is 1.93. The molecule has 2 aromatic rings. The van der Waals surface area contributed by atoms with E-state index in [0.717, 1.165) is 38.7 Å². The molecule has 0 aromatic carbocycles. The van der Waals surface area contributed by atoms with Crippen LogP contribution in [0.5, 0.6) is 0 Å². The van der Waals surface area contributed by atoms with Gasteiger partial charge in [-0.25, -0.2) is 0 Å². The first kappa shape index (κ1) is 14.8. The van der Waals surface area contributed by atoms with Crippen molar-refractivity contribution in [3.05, 3.63) is 33.7 Å². The maximum atomic E-state index is 12.9. The highest BCUT2D eigenvalue weighted by molar-refractivity contribution is 7.15. The third kappa shape index (κ3) is 2.68. The van der Waals surface area contributed by atoms with Crippen LogP contribution in [0.4, 0.5) is 0 Å². The van der Waals surface area contributed by atoms with Gasteiger partial charge in [-0.2, -0.15) is 4.98 Å². The van der Waals surface area contributed by atoms with Crippen LogP contribution in [0.1, 0.15) is 42.6 Å². The number of fused-ring (bicyclic) bond motifs is 1. The average Bonchev–Trinajstić information content (AvgIpc) is 3.13. The summed E-state index contributed by atoms with van der Waals surface area (Å²) in [5, 5.41) is 1.84. The van der Waals surface area contributed by atoms with Gasteiger partial charge in [-0.05, 0) is 32.1 Å². The third-order valence-electron chi connectivity index (χ3n) is 4.90. The normalized spacial score (nSPS) is 25.1. The van der Waals surface area contributed by atoms with E-state index >= 15 is 0 Å². The zero-order valence-corrected chi connectivity index (χ0v) is 13.7. The smallest absolute Gasteiger partial charge is 0.274 e. The molecule has 1 spiro atoms. The Bertz CT molecular complexity index is 791. The summed E-state index contributed by atoms with van der Waals surface area (Å²) in [6.07, 6.45) is 6.84. The number of likely N-dealkylation sites (tertiary alicyclic amines) is 1. The van der Waals surface area contributed by atoms with Gasteiger partial charge in [0.25, 0.3) is 11.5 Å². The van der Waals surface area contributed by atoms with Crippen LogP contribution in [-0.4, -0.2) is 45.5 Å². The first-order valence-electron chi connectivity index (χ1n) is 8.07. The maximum Gasteiger partial charge on any atom is 0.274 e. The van der Waals surface area contributed by atoms with Crippen molar-refractivity contribution in [2.45, 2.75) is 37.7 Å². The summed E-state index contributed by atoms with van der Waals surface area (Å²) in [7, 11) is 0. The largest absolute Gasteiger partial charge is 0.375 e. The summed E-state index contributed by atoms with van der Waals surface area (Å²) < 4.78 is 7.68. The Morgan fingerprint density at radius 1 is 1.26 bits per heavy atom. The van der Waals surface area contributed by atoms with Gasteiger partial charge < -0.3 is 9.64 Å². The molecule has 2 fully saturated rings. The van der Waals surface area contributed by atoms with Gasteiger partial charge in [0, 0.05) is 37.3 Å². The number of hydrogen-bond acceptors (Lipinski definition) is 5. The fourth-order valence-electron chi connectivity index (χ4n) is 3.70. The molecule has 0 unspecified atom stereocenters. The first-order chi connectivity index (χ1) is 11.2. The lowest BCUT2D eigenvalue weighted by atomic mass is 9.92. The molecule has 0 saturated carbocycles. The van der Waals surface area contributed by atoms with E-state index in [0.29, 0.717) is 23.7 Å². The summed E-state index contributed by atoms with van der Waals surface area (Å²) in [4.78, 5) is 31.0. The Morgan fingerprint density at radius 2 is 2.13 bits per heavy atom. The molecular formula is C16H19N3O3S. The van der Waals surface area contributed by atoms with E-state index in [9.17, 15) is 9.59 Å². The molecule has 2 aliphatic rings. The Kier molecular flexibility index (Phi) is 3.69. The lowest BCUT2D eigenvalue weighted by Gasteiger charge is -2.27. The molecule has 7 heteroatoms. The van der Waals surface area contributed by atoms with Crippen LogP contribution in [0.25, 0.3) is 4.96 Å².